The zero-order chi connectivity index (χ0) is 21.7. The number of halogens is 1. The van der Waals surface area contributed by atoms with Crippen molar-refractivity contribution in [3.8, 4) is 11.7 Å². The van der Waals surface area contributed by atoms with Crippen molar-refractivity contribution < 1.29 is 4.74 Å². The highest BCUT2D eigenvalue weighted by Gasteiger charge is 2.21. The topological polar surface area (TPSA) is 82.8 Å². The predicted molar refractivity (Wildman–Crippen MR) is 117 cm³/mol. The molecule has 0 fully saturated rings. The van der Waals surface area contributed by atoms with Crippen LogP contribution in [0.1, 0.15) is 62.7 Å². The summed E-state index contributed by atoms with van der Waals surface area (Å²) in [6.07, 6.45) is 6.86. The minimum atomic E-state index is -0.156. The summed E-state index contributed by atoms with van der Waals surface area (Å²) in [5.41, 5.74) is 2.18. The first-order valence-corrected chi connectivity index (χ1v) is 10.5. The van der Waals surface area contributed by atoms with Crippen LogP contribution in [-0.2, 0) is 12.8 Å². The summed E-state index contributed by atoms with van der Waals surface area (Å²) in [5, 5.41) is 0.418. The minimum Gasteiger partial charge on any atom is -0.491 e. The van der Waals surface area contributed by atoms with E-state index in [9.17, 15) is 4.79 Å². The molecule has 0 radical (unpaired) electrons. The van der Waals surface area contributed by atoms with Gasteiger partial charge in [0.15, 0.2) is 5.75 Å². The van der Waals surface area contributed by atoms with E-state index in [0.717, 1.165) is 24.1 Å². The van der Waals surface area contributed by atoms with Crippen LogP contribution in [0.5, 0.6) is 5.75 Å². The molecule has 0 saturated carbocycles. The highest BCUT2D eigenvalue weighted by atomic mass is 35.5. The number of nitrogens with zero attached hydrogens (tertiary/aromatic N) is 5. The van der Waals surface area contributed by atoms with Crippen molar-refractivity contribution in [1.29, 1.82) is 0 Å². The normalized spacial score (nSPS) is 11.1. The average molecular weight is 428 g/mol. The molecule has 0 aliphatic heterocycles. The number of hydrogen-bond donors (Lipinski definition) is 0. The van der Waals surface area contributed by atoms with Crippen LogP contribution in [0.3, 0.4) is 0 Å². The van der Waals surface area contributed by atoms with Crippen LogP contribution in [0, 0.1) is 0 Å². The SMILES string of the molecule is CCCc1nc(C(C)C)n(-c2ncc(OCC)cn2)c(=O)c1Cc1ccc(Cl)nc1. The van der Waals surface area contributed by atoms with Gasteiger partial charge in [0.2, 0.25) is 5.95 Å². The Bertz CT molecular complexity index is 1050. The van der Waals surface area contributed by atoms with Crippen molar-refractivity contribution in [2.75, 3.05) is 6.61 Å². The van der Waals surface area contributed by atoms with Crippen molar-refractivity contribution >= 4 is 11.6 Å². The summed E-state index contributed by atoms with van der Waals surface area (Å²) in [7, 11) is 0. The van der Waals surface area contributed by atoms with E-state index in [-0.39, 0.29) is 17.4 Å². The lowest BCUT2D eigenvalue weighted by Gasteiger charge is -2.18. The molecule has 0 aliphatic carbocycles. The number of rotatable bonds is 8. The molecule has 0 bridgehead atoms. The summed E-state index contributed by atoms with van der Waals surface area (Å²) in [6.45, 7) is 8.50. The van der Waals surface area contributed by atoms with Gasteiger partial charge in [-0.3, -0.25) is 4.79 Å². The van der Waals surface area contributed by atoms with E-state index in [1.54, 1.807) is 24.7 Å². The molecule has 0 spiro atoms. The van der Waals surface area contributed by atoms with Gasteiger partial charge < -0.3 is 4.74 Å². The molecule has 3 rings (SSSR count). The van der Waals surface area contributed by atoms with Crippen LogP contribution in [0.4, 0.5) is 0 Å². The third-order valence-electron chi connectivity index (χ3n) is 4.59. The Kier molecular flexibility index (Phi) is 7.15. The molecular formula is C22H26ClN5O2. The Morgan fingerprint density at radius 3 is 2.40 bits per heavy atom. The fourth-order valence-corrected chi connectivity index (χ4v) is 3.31. The van der Waals surface area contributed by atoms with Crippen LogP contribution >= 0.6 is 11.6 Å². The van der Waals surface area contributed by atoms with Gasteiger partial charge in [0, 0.05) is 24.1 Å². The maximum atomic E-state index is 13.6. The van der Waals surface area contributed by atoms with Crippen molar-refractivity contribution in [1.82, 2.24) is 24.5 Å². The zero-order valence-electron chi connectivity index (χ0n) is 17.7. The van der Waals surface area contributed by atoms with E-state index in [1.165, 1.54) is 4.57 Å². The van der Waals surface area contributed by atoms with Crippen molar-refractivity contribution in [3.05, 3.63) is 68.9 Å². The standard InChI is InChI=1S/C22H26ClN5O2/c1-5-7-18-17(10-15-8-9-19(23)24-11-15)21(29)28(20(27-18)14(3)4)22-25-12-16(13-26-22)30-6-2/h8-9,11-14H,5-7,10H2,1-4H3. The molecule has 0 aliphatic rings. The number of ether oxygens (including phenoxy) is 1. The molecular weight excluding hydrogens is 402 g/mol. The summed E-state index contributed by atoms with van der Waals surface area (Å²) in [5.74, 6) is 1.52. The third kappa shape index (κ3) is 4.84. The maximum Gasteiger partial charge on any atom is 0.264 e. The van der Waals surface area contributed by atoms with Crippen molar-refractivity contribution in [2.45, 2.75) is 52.9 Å². The van der Waals surface area contributed by atoms with Gasteiger partial charge in [-0.1, -0.05) is 44.9 Å². The molecule has 8 heteroatoms. The van der Waals surface area contributed by atoms with Crippen molar-refractivity contribution in [2.24, 2.45) is 0 Å². The van der Waals surface area contributed by atoms with Crippen LogP contribution in [0.15, 0.2) is 35.5 Å². The summed E-state index contributed by atoms with van der Waals surface area (Å²) >= 11 is 5.91. The van der Waals surface area contributed by atoms with Gasteiger partial charge in [-0.15, -0.1) is 0 Å². The van der Waals surface area contributed by atoms with E-state index in [1.807, 2.05) is 26.8 Å². The number of hydrogen-bond acceptors (Lipinski definition) is 6. The first-order valence-electron chi connectivity index (χ1n) is 10.1. The quantitative estimate of drug-likeness (QED) is 0.502. The molecule has 7 nitrogen and oxygen atoms in total. The van der Waals surface area contributed by atoms with Crippen LogP contribution in [0.25, 0.3) is 5.95 Å². The monoisotopic (exact) mass is 427 g/mol. The highest BCUT2D eigenvalue weighted by molar-refractivity contribution is 6.29. The molecule has 30 heavy (non-hydrogen) atoms. The third-order valence-corrected chi connectivity index (χ3v) is 4.81. The molecule has 0 N–H and O–H groups in total. The van der Waals surface area contributed by atoms with Crippen LogP contribution in [0.2, 0.25) is 5.15 Å². The molecule has 0 atom stereocenters. The van der Waals surface area contributed by atoms with Gasteiger partial charge in [0.1, 0.15) is 11.0 Å². The second-order valence-corrected chi connectivity index (χ2v) is 7.65. The Hall–Kier alpha value is -2.80. The Balaban J connectivity index is 2.16. The molecule has 0 saturated heterocycles. The van der Waals surface area contributed by atoms with Gasteiger partial charge in [0.05, 0.1) is 24.7 Å². The minimum absolute atomic E-state index is 0.0229. The Morgan fingerprint density at radius 2 is 1.83 bits per heavy atom. The van der Waals surface area contributed by atoms with Gasteiger partial charge in [0.25, 0.3) is 5.56 Å². The Morgan fingerprint density at radius 1 is 1.10 bits per heavy atom. The molecule has 0 aromatic carbocycles. The van der Waals surface area contributed by atoms with Crippen LogP contribution in [-0.4, -0.2) is 31.1 Å². The molecule has 0 amide bonds. The molecule has 3 heterocycles. The fraction of sp³-hybridized carbons (Fsp3) is 0.409. The first kappa shape index (κ1) is 21.9. The summed E-state index contributed by atoms with van der Waals surface area (Å²) in [4.78, 5) is 31.4. The van der Waals surface area contributed by atoms with E-state index >= 15 is 0 Å². The summed E-state index contributed by atoms with van der Waals surface area (Å²) in [6, 6.07) is 3.60. The van der Waals surface area contributed by atoms with Crippen LogP contribution < -0.4 is 10.3 Å². The number of pyridine rings is 1. The maximum absolute atomic E-state index is 13.6. The molecule has 0 unspecified atom stereocenters. The largest absolute Gasteiger partial charge is 0.491 e. The lowest BCUT2D eigenvalue weighted by molar-refractivity contribution is 0.337. The van der Waals surface area contributed by atoms with Gasteiger partial charge in [-0.05, 0) is 25.0 Å². The number of aryl methyl sites for hydroxylation is 1. The zero-order valence-corrected chi connectivity index (χ0v) is 18.5. The van der Waals surface area contributed by atoms with Gasteiger partial charge in [-0.25, -0.2) is 24.5 Å². The summed E-state index contributed by atoms with van der Waals surface area (Å²) < 4.78 is 6.93. The van der Waals surface area contributed by atoms with Gasteiger partial charge in [-0.2, -0.15) is 0 Å². The van der Waals surface area contributed by atoms with E-state index in [0.29, 0.717) is 35.3 Å². The second-order valence-electron chi connectivity index (χ2n) is 7.26. The van der Waals surface area contributed by atoms with E-state index in [2.05, 4.69) is 21.9 Å². The number of aromatic nitrogens is 5. The second kappa shape index (κ2) is 9.80. The smallest absolute Gasteiger partial charge is 0.264 e. The lowest BCUT2D eigenvalue weighted by Crippen LogP contribution is -2.31. The van der Waals surface area contributed by atoms with Gasteiger partial charge >= 0.3 is 0 Å². The van der Waals surface area contributed by atoms with Crippen molar-refractivity contribution in [3.63, 3.8) is 0 Å². The fourth-order valence-electron chi connectivity index (χ4n) is 3.20. The molecule has 3 aromatic heterocycles. The van der Waals surface area contributed by atoms with E-state index < -0.39 is 0 Å². The molecule has 158 valence electrons. The lowest BCUT2D eigenvalue weighted by atomic mass is 10.0. The predicted octanol–water partition coefficient (Wildman–Crippen LogP) is 4.14. The average Bonchev–Trinajstić information content (AvgIpc) is 2.73. The van der Waals surface area contributed by atoms with E-state index in [4.69, 9.17) is 21.3 Å². The first-order chi connectivity index (χ1) is 14.4. The Labute approximate surface area is 181 Å². The highest BCUT2D eigenvalue weighted by Crippen LogP contribution is 2.19. The molecule has 3 aromatic rings.